The lowest BCUT2D eigenvalue weighted by Gasteiger charge is -2.33. The lowest BCUT2D eigenvalue weighted by Crippen LogP contribution is -2.49. The highest BCUT2D eigenvalue weighted by Gasteiger charge is 2.25. The van der Waals surface area contributed by atoms with Crippen LogP contribution in [0, 0.1) is 6.92 Å². The molecule has 4 aromatic carbocycles. The van der Waals surface area contributed by atoms with E-state index in [4.69, 9.17) is 4.74 Å². The molecule has 1 aliphatic rings. The van der Waals surface area contributed by atoms with Gasteiger partial charge in [-0.25, -0.2) is 0 Å². The van der Waals surface area contributed by atoms with Gasteiger partial charge in [0.25, 0.3) is 0 Å². The number of rotatable bonds is 9. The van der Waals surface area contributed by atoms with E-state index in [9.17, 15) is 10.2 Å². The first-order valence-electron chi connectivity index (χ1n) is 13.8. The molecule has 1 aliphatic carbocycles. The highest BCUT2D eigenvalue weighted by atomic mass is 16.5. The Morgan fingerprint density at radius 1 is 0.641 bits per heavy atom. The van der Waals surface area contributed by atoms with Crippen LogP contribution in [0.4, 0.5) is 0 Å². The van der Waals surface area contributed by atoms with Crippen LogP contribution in [0.3, 0.4) is 0 Å². The first-order chi connectivity index (χ1) is 19.1. The Hall–Kier alpha value is -3.80. The van der Waals surface area contributed by atoms with Crippen LogP contribution in [-0.4, -0.2) is 29.4 Å². The molecule has 0 aromatic heterocycles. The van der Waals surface area contributed by atoms with Crippen LogP contribution < -0.4 is 15.4 Å². The van der Waals surface area contributed by atoms with Gasteiger partial charge in [0.05, 0.1) is 7.11 Å². The summed E-state index contributed by atoms with van der Waals surface area (Å²) in [6.45, 7) is 3.25. The van der Waals surface area contributed by atoms with E-state index in [1.54, 1.807) is 7.11 Å². The zero-order valence-electron chi connectivity index (χ0n) is 22.8. The number of benzene rings is 4. The van der Waals surface area contributed by atoms with E-state index >= 15 is 0 Å². The Bertz CT molecular complexity index is 1420. The topological polar surface area (TPSA) is 73.8 Å². The third-order valence-electron chi connectivity index (χ3n) is 7.95. The maximum absolute atomic E-state index is 11.1. The Morgan fingerprint density at radius 3 is 1.69 bits per heavy atom. The van der Waals surface area contributed by atoms with E-state index in [0.717, 1.165) is 57.5 Å². The minimum Gasteiger partial charge on any atom is -0.507 e. The minimum atomic E-state index is 0.273. The number of methoxy groups -OCH3 is 1. The fraction of sp³-hybridized carbons (Fsp3) is 0.294. The van der Waals surface area contributed by atoms with E-state index in [1.165, 1.54) is 12.8 Å². The second kappa shape index (κ2) is 12.4. The van der Waals surface area contributed by atoms with Crippen molar-refractivity contribution in [1.29, 1.82) is 0 Å². The van der Waals surface area contributed by atoms with Gasteiger partial charge in [0.1, 0.15) is 17.2 Å². The molecule has 5 nitrogen and oxygen atoms in total. The molecule has 0 saturated heterocycles. The predicted molar refractivity (Wildman–Crippen MR) is 158 cm³/mol. The molecule has 4 N–H and O–H groups in total. The maximum Gasteiger partial charge on any atom is 0.128 e. The fourth-order valence-corrected chi connectivity index (χ4v) is 5.75. The largest absolute Gasteiger partial charge is 0.507 e. The van der Waals surface area contributed by atoms with Gasteiger partial charge in [0.2, 0.25) is 0 Å². The van der Waals surface area contributed by atoms with Gasteiger partial charge in [0, 0.05) is 53.0 Å². The van der Waals surface area contributed by atoms with Crippen molar-refractivity contribution in [2.75, 3.05) is 7.11 Å². The second-order valence-corrected chi connectivity index (χ2v) is 10.4. The smallest absolute Gasteiger partial charge is 0.128 e. The average molecular weight is 523 g/mol. The molecular weight excluding hydrogens is 484 g/mol. The van der Waals surface area contributed by atoms with Crippen LogP contribution in [0.5, 0.6) is 17.2 Å². The minimum absolute atomic E-state index is 0.273. The quantitative estimate of drug-likeness (QED) is 0.192. The van der Waals surface area contributed by atoms with E-state index in [0.29, 0.717) is 18.8 Å². The molecule has 5 heteroatoms. The summed E-state index contributed by atoms with van der Waals surface area (Å²) in [5.74, 6) is 1.37. The lowest BCUT2D eigenvalue weighted by atomic mass is 9.89. The number of para-hydroxylation sites is 3. The van der Waals surface area contributed by atoms with E-state index in [1.807, 2.05) is 72.8 Å². The van der Waals surface area contributed by atoms with Crippen molar-refractivity contribution in [3.05, 3.63) is 102 Å². The van der Waals surface area contributed by atoms with Gasteiger partial charge in [-0.1, -0.05) is 91.7 Å². The number of phenolic OH excluding ortho intramolecular Hbond substituents is 2. The normalized spacial score (nSPS) is 17.2. The Kier molecular flexibility index (Phi) is 8.50. The Morgan fingerprint density at radius 2 is 1.13 bits per heavy atom. The van der Waals surface area contributed by atoms with Crippen molar-refractivity contribution in [1.82, 2.24) is 10.6 Å². The van der Waals surface area contributed by atoms with Crippen molar-refractivity contribution < 1.29 is 14.9 Å². The van der Waals surface area contributed by atoms with Crippen LogP contribution >= 0.6 is 0 Å². The van der Waals surface area contributed by atoms with Gasteiger partial charge in [-0.2, -0.15) is 0 Å². The summed E-state index contributed by atoms with van der Waals surface area (Å²) in [6, 6.07) is 28.4. The van der Waals surface area contributed by atoms with E-state index < -0.39 is 0 Å². The van der Waals surface area contributed by atoms with Crippen LogP contribution in [0.1, 0.15) is 42.4 Å². The van der Waals surface area contributed by atoms with Gasteiger partial charge < -0.3 is 25.6 Å². The first-order valence-corrected chi connectivity index (χ1v) is 13.8. The summed E-state index contributed by atoms with van der Waals surface area (Å²) >= 11 is 0. The average Bonchev–Trinajstić information content (AvgIpc) is 2.97. The standard InChI is InChI=1S/C34H38N2O3/c1-23-11-3-4-14-26(23)28-16-9-12-24(33(28)37)21-35-30-18-6-7-19-31(30)36-22-25-13-10-17-29(34(25)38)27-15-5-8-20-32(27)39-2/h3-5,8-17,20,30-31,35-38H,6-7,18-19,21-22H2,1-2H3/t30-,31-/m0/s1. The van der Waals surface area contributed by atoms with Gasteiger partial charge in [-0.15, -0.1) is 0 Å². The Balaban J connectivity index is 1.27. The molecular formula is C34H38N2O3. The summed E-state index contributed by atoms with van der Waals surface area (Å²) < 4.78 is 5.52. The number of aryl methyl sites for hydroxylation is 1. The number of phenols is 2. The zero-order chi connectivity index (χ0) is 27.2. The number of hydrogen-bond donors (Lipinski definition) is 4. The monoisotopic (exact) mass is 522 g/mol. The van der Waals surface area contributed by atoms with Crippen LogP contribution in [0.15, 0.2) is 84.9 Å². The summed E-state index contributed by atoms with van der Waals surface area (Å²) in [5, 5.41) is 29.7. The third kappa shape index (κ3) is 5.95. The van der Waals surface area contributed by atoms with Crippen LogP contribution in [0.25, 0.3) is 22.3 Å². The van der Waals surface area contributed by atoms with E-state index in [2.05, 4.69) is 29.7 Å². The predicted octanol–water partition coefficient (Wildman–Crippen LogP) is 6.94. The highest BCUT2D eigenvalue weighted by molar-refractivity contribution is 5.77. The summed E-state index contributed by atoms with van der Waals surface area (Å²) in [6.07, 6.45) is 4.50. The van der Waals surface area contributed by atoms with Crippen molar-refractivity contribution >= 4 is 0 Å². The van der Waals surface area contributed by atoms with Crippen molar-refractivity contribution in [2.24, 2.45) is 0 Å². The van der Waals surface area contributed by atoms with Gasteiger partial charge >= 0.3 is 0 Å². The SMILES string of the molecule is COc1ccccc1-c1cccc(CN[C@H]2CCCC[C@@H]2NCc2cccc(-c3ccccc3C)c2O)c1O. The van der Waals surface area contributed by atoms with Gasteiger partial charge in [-0.05, 0) is 37.0 Å². The van der Waals surface area contributed by atoms with Crippen molar-refractivity contribution in [3.8, 4) is 39.5 Å². The van der Waals surface area contributed by atoms with Crippen molar-refractivity contribution in [3.63, 3.8) is 0 Å². The molecule has 0 aliphatic heterocycles. The second-order valence-electron chi connectivity index (χ2n) is 10.4. The van der Waals surface area contributed by atoms with Gasteiger partial charge in [-0.3, -0.25) is 0 Å². The maximum atomic E-state index is 11.1. The first kappa shape index (κ1) is 26.8. The molecule has 1 fully saturated rings. The molecule has 1 saturated carbocycles. The summed E-state index contributed by atoms with van der Waals surface area (Å²) in [5.41, 5.74) is 6.50. The fourth-order valence-electron chi connectivity index (χ4n) is 5.75. The number of ether oxygens (including phenoxy) is 1. The molecule has 0 unspecified atom stereocenters. The Labute approximate surface area is 231 Å². The molecule has 202 valence electrons. The lowest BCUT2D eigenvalue weighted by molar-refractivity contribution is 0.279. The number of hydrogen-bond acceptors (Lipinski definition) is 5. The van der Waals surface area contributed by atoms with Crippen LogP contribution in [0.2, 0.25) is 0 Å². The molecule has 0 bridgehead atoms. The molecule has 0 heterocycles. The summed E-state index contributed by atoms with van der Waals surface area (Å²) in [7, 11) is 1.65. The number of nitrogens with one attached hydrogen (secondary N) is 2. The molecule has 4 aromatic rings. The highest BCUT2D eigenvalue weighted by Crippen LogP contribution is 2.38. The molecule has 2 atom stereocenters. The third-order valence-corrected chi connectivity index (χ3v) is 7.95. The van der Waals surface area contributed by atoms with Crippen molar-refractivity contribution in [2.45, 2.75) is 57.8 Å². The van der Waals surface area contributed by atoms with Gasteiger partial charge in [0.15, 0.2) is 0 Å². The number of aromatic hydroxyl groups is 2. The zero-order valence-corrected chi connectivity index (χ0v) is 22.8. The van der Waals surface area contributed by atoms with E-state index in [-0.39, 0.29) is 17.8 Å². The summed E-state index contributed by atoms with van der Waals surface area (Å²) in [4.78, 5) is 0. The molecule has 0 radical (unpaired) electrons. The molecule has 5 rings (SSSR count). The molecule has 0 amide bonds. The molecule has 39 heavy (non-hydrogen) atoms. The van der Waals surface area contributed by atoms with Crippen LogP contribution in [-0.2, 0) is 13.1 Å². The molecule has 0 spiro atoms.